The molecular formula is C16H31N3O. The van der Waals surface area contributed by atoms with E-state index in [0.29, 0.717) is 18.0 Å². The smallest absolute Gasteiger partial charge is 0.227 e. The van der Waals surface area contributed by atoms with Crippen LogP contribution in [-0.2, 0) is 4.79 Å². The summed E-state index contributed by atoms with van der Waals surface area (Å²) in [6.45, 7) is 10.3. The van der Waals surface area contributed by atoms with Crippen LogP contribution in [0, 0.1) is 5.41 Å². The SMILES string of the molecule is CN1CCC(NC2CCN(C(=O)C(C)(C)C)CC2)CC1. The molecule has 4 heteroatoms. The number of carbonyl (C=O) groups excluding carboxylic acids is 1. The maximum Gasteiger partial charge on any atom is 0.227 e. The van der Waals surface area contributed by atoms with Crippen LogP contribution in [0.2, 0.25) is 0 Å². The second kappa shape index (κ2) is 6.44. The second-order valence-electron chi connectivity index (χ2n) is 7.56. The van der Waals surface area contributed by atoms with Gasteiger partial charge in [-0.3, -0.25) is 4.79 Å². The number of carbonyl (C=O) groups is 1. The molecule has 0 atom stereocenters. The first-order valence-corrected chi connectivity index (χ1v) is 8.10. The Kier molecular flexibility index (Phi) is 5.08. The van der Waals surface area contributed by atoms with E-state index < -0.39 is 0 Å². The highest BCUT2D eigenvalue weighted by atomic mass is 16.2. The summed E-state index contributed by atoms with van der Waals surface area (Å²) in [6.07, 6.45) is 4.73. The topological polar surface area (TPSA) is 35.6 Å². The van der Waals surface area contributed by atoms with Gasteiger partial charge in [-0.05, 0) is 45.8 Å². The Hall–Kier alpha value is -0.610. The normalized spacial score (nSPS) is 24.1. The van der Waals surface area contributed by atoms with Crippen molar-refractivity contribution in [1.29, 1.82) is 0 Å². The lowest BCUT2D eigenvalue weighted by molar-refractivity contribution is -0.140. The highest BCUT2D eigenvalue weighted by Gasteiger charge is 2.31. The number of likely N-dealkylation sites (tertiary alicyclic amines) is 2. The van der Waals surface area contributed by atoms with E-state index in [2.05, 4.69) is 17.3 Å². The van der Waals surface area contributed by atoms with Crippen LogP contribution in [0.5, 0.6) is 0 Å². The molecule has 2 saturated heterocycles. The molecule has 4 nitrogen and oxygen atoms in total. The van der Waals surface area contributed by atoms with Gasteiger partial charge in [-0.1, -0.05) is 20.8 Å². The van der Waals surface area contributed by atoms with Gasteiger partial charge in [-0.15, -0.1) is 0 Å². The molecule has 0 aliphatic carbocycles. The fourth-order valence-electron chi connectivity index (χ4n) is 3.23. The monoisotopic (exact) mass is 281 g/mol. The van der Waals surface area contributed by atoms with Crippen molar-refractivity contribution < 1.29 is 4.79 Å². The van der Waals surface area contributed by atoms with Gasteiger partial charge in [-0.25, -0.2) is 0 Å². The molecule has 2 aliphatic rings. The number of amides is 1. The van der Waals surface area contributed by atoms with Crippen LogP contribution in [0.15, 0.2) is 0 Å². The van der Waals surface area contributed by atoms with Crippen LogP contribution in [0.25, 0.3) is 0 Å². The molecule has 0 spiro atoms. The zero-order chi connectivity index (χ0) is 14.8. The van der Waals surface area contributed by atoms with Crippen LogP contribution in [-0.4, -0.2) is 61.0 Å². The summed E-state index contributed by atoms with van der Waals surface area (Å²) in [5.74, 6) is 0.301. The van der Waals surface area contributed by atoms with Crippen LogP contribution >= 0.6 is 0 Å². The maximum absolute atomic E-state index is 12.3. The van der Waals surface area contributed by atoms with Crippen molar-refractivity contribution in [3.05, 3.63) is 0 Å². The first kappa shape index (κ1) is 15.8. The molecule has 116 valence electrons. The van der Waals surface area contributed by atoms with Crippen LogP contribution < -0.4 is 5.32 Å². The Morgan fingerprint density at radius 2 is 1.40 bits per heavy atom. The predicted molar refractivity (Wildman–Crippen MR) is 82.7 cm³/mol. The number of hydrogen-bond acceptors (Lipinski definition) is 3. The Labute approximate surface area is 123 Å². The van der Waals surface area contributed by atoms with E-state index >= 15 is 0 Å². The van der Waals surface area contributed by atoms with Crippen molar-refractivity contribution in [3.63, 3.8) is 0 Å². The highest BCUT2D eigenvalue weighted by molar-refractivity contribution is 5.81. The molecule has 0 aromatic carbocycles. The standard InChI is InChI=1S/C16H31N3O/c1-16(2,3)15(20)19-11-7-14(8-12-19)17-13-5-9-18(4)10-6-13/h13-14,17H,5-12H2,1-4H3. The van der Waals surface area contributed by atoms with Crippen LogP contribution in [0.4, 0.5) is 0 Å². The number of hydrogen-bond donors (Lipinski definition) is 1. The van der Waals surface area contributed by atoms with Crippen molar-refractivity contribution in [2.24, 2.45) is 5.41 Å². The van der Waals surface area contributed by atoms with Crippen molar-refractivity contribution in [1.82, 2.24) is 15.1 Å². The number of piperidine rings is 2. The van der Waals surface area contributed by atoms with Gasteiger partial charge in [0.05, 0.1) is 0 Å². The molecule has 1 amide bonds. The van der Waals surface area contributed by atoms with Crippen molar-refractivity contribution >= 4 is 5.91 Å². The summed E-state index contributed by atoms with van der Waals surface area (Å²) in [5.41, 5.74) is -0.242. The van der Waals surface area contributed by atoms with E-state index in [4.69, 9.17) is 0 Å². The lowest BCUT2D eigenvalue weighted by atomic mass is 9.92. The lowest BCUT2D eigenvalue weighted by Gasteiger charge is -2.38. The Bertz CT molecular complexity index is 321. The predicted octanol–water partition coefficient (Wildman–Crippen LogP) is 1.71. The minimum Gasteiger partial charge on any atom is -0.342 e. The molecule has 0 radical (unpaired) electrons. The summed E-state index contributed by atoms with van der Waals surface area (Å²) in [4.78, 5) is 16.7. The first-order chi connectivity index (χ1) is 9.36. The quantitative estimate of drug-likeness (QED) is 0.837. The average molecular weight is 281 g/mol. The fraction of sp³-hybridized carbons (Fsp3) is 0.938. The molecule has 0 saturated carbocycles. The molecule has 2 heterocycles. The van der Waals surface area contributed by atoms with Gasteiger partial charge in [0.15, 0.2) is 0 Å². The molecule has 2 rings (SSSR count). The first-order valence-electron chi connectivity index (χ1n) is 8.10. The van der Waals surface area contributed by atoms with E-state index in [1.54, 1.807) is 0 Å². The van der Waals surface area contributed by atoms with Crippen molar-refractivity contribution in [2.45, 2.75) is 58.5 Å². The molecule has 0 bridgehead atoms. The molecular weight excluding hydrogens is 250 g/mol. The largest absolute Gasteiger partial charge is 0.342 e. The molecule has 2 aliphatic heterocycles. The van der Waals surface area contributed by atoms with Gasteiger partial charge in [-0.2, -0.15) is 0 Å². The maximum atomic E-state index is 12.3. The Morgan fingerprint density at radius 3 is 1.85 bits per heavy atom. The molecule has 1 N–H and O–H groups in total. The summed E-state index contributed by atoms with van der Waals surface area (Å²) in [6, 6.07) is 1.29. The minimum absolute atomic E-state index is 0.242. The Morgan fingerprint density at radius 1 is 0.950 bits per heavy atom. The van der Waals surface area contributed by atoms with Gasteiger partial charge >= 0.3 is 0 Å². The third-order valence-electron chi connectivity index (χ3n) is 4.61. The second-order valence-corrected chi connectivity index (χ2v) is 7.56. The van der Waals surface area contributed by atoms with Crippen LogP contribution in [0.3, 0.4) is 0 Å². The third kappa shape index (κ3) is 4.19. The van der Waals surface area contributed by atoms with E-state index in [0.717, 1.165) is 25.9 Å². The highest BCUT2D eigenvalue weighted by Crippen LogP contribution is 2.21. The molecule has 2 fully saturated rings. The zero-order valence-electron chi connectivity index (χ0n) is 13.6. The summed E-state index contributed by atoms with van der Waals surface area (Å²) >= 11 is 0. The van der Waals surface area contributed by atoms with Crippen molar-refractivity contribution in [3.8, 4) is 0 Å². The van der Waals surface area contributed by atoms with E-state index in [9.17, 15) is 4.79 Å². The van der Waals surface area contributed by atoms with Crippen LogP contribution in [0.1, 0.15) is 46.5 Å². The number of nitrogens with one attached hydrogen (secondary N) is 1. The molecule has 0 unspecified atom stereocenters. The zero-order valence-corrected chi connectivity index (χ0v) is 13.6. The van der Waals surface area contributed by atoms with E-state index in [1.165, 1.54) is 25.9 Å². The number of rotatable bonds is 2. The Balaban J connectivity index is 1.73. The van der Waals surface area contributed by atoms with Gasteiger partial charge in [0.25, 0.3) is 0 Å². The lowest BCUT2D eigenvalue weighted by Crippen LogP contribution is -2.51. The van der Waals surface area contributed by atoms with Gasteiger partial charge in [0, 0.05) is 30.6 Å². The number of nitrogens with zero attached hydrogens (tertiary/aromatic N) is 2. The van der Waals surface area contributed by atoms with Gasteiger partial charge in [0.2, 0.25) is 5.91 Å². The van der Waals surface area contributed by atoms with E-state index in [-0.39, 0.29) is 5.41 Å². The molecule has 0 aromatic rings. The third-order valence-corrected chi connectivity index (χ3v) is 4.61. The van der Waals surface area contributed by atoms with Crippen molar-refractivity contribution in [2.75, 3.05) is 33.2 Å². The summed E-state index contributed by atoms with van der Waals surface area (Å²) < 4.78 is 0. The van der Waals surface area contributed by atoms with Gasteiger partial charge in [0.1, 0.15) is 0 Å². The minimum atomic E-state index is -0.242. The average Bonchev–Trinajstić information content (AvgIpc) is 2.40. The molecule has 20 heavy (non-hydrogen) atoms. The fourth-order valence-corrected chi connectivity index (χ4v) is 3.23. The summed E-state index contributed by atoms with van der Waals surface area (Å²) in [5, 5.41) is 3.81. The summed E-state index contributed by atoms with van der Waals surface area (Å²) in [7, 11) is 2.20. The van der Waals surface area contributed by atoms with Gasteiger partial charge < -0.3 is 15.1 Å². The molecule has 0 aromatic heterocycles. The van der Waals surface area contributed by atoms with E-state index in [1.807, 2.05) is 25.7 Å².